The maximum Gasteiger partial charge on any atom is 0.230 e. The second-order valence-corrected chi connectivity index (χ2v) is 7.31. The summed E-state index contributed by atoms with van der Waals surface area (Å²) in [7, 11) is 3.23. The normalized spacial score (nSPS) is 10.7. The van der Waals surface area contributed by atoms with Crippen molar-refractivity contribution in [1.29, 1.82) is 0 Å². The number of ether oxygens (including phenoxy) is 2. The molecule has 0 radical (unpaired) electrons. The van der Waals surface area contributed by atoms with Gasteiger partial charge >= 0.3 is 0 Å². The van der Waals surface area contributed by atoms with Gasteiger partial charge in [0.15, 0.2) is 11.0 Å². The van der Waals surface area contributed by atoms with Crippen molar-refractivity contribution in [2.24, 2.45) is 0 Å². The van der Waals surface area contributed by atoms with Gasteiger partial charge in [0.2, 0.25) is 5.91 Å². The molecule has 0 bridgehead atoms. The molecule has 0 aliphatic heterocycles. The van der Waals surface area contributed by atoms with Crippen molar-refractivity contribution < 1.29 is 14.3 Å². The van der Waals surface area contributed by atoms with E-state index >= 15 is 0 Å². The van der Waals surface area contributed by atoms with E-state index in [1.165, 1.54) is 11.8 Å². The number of rotatable bonds is 9. The highest BCUT2D eigenvalue weighted by atomic mass is 32.2. The minimum atomic E-state index is -0.0794. The Labute approximate surface area is 165 Å². The summed E-state index contributed by atoms with van der Waals surface area (Å²) in [5.74, 6) is 1.59. The monoisotopic (exact) mass is 404 g/mol. The van der Waals surface area contributed by atoms with Crippen molar-refractivity contribution in [3.05, 3.63) is 41.8 Å². The first kappa shape index (κ1) is 19.4. The lowest BCUT2D eigenvalue weighted by molar-refractivity contribution is -0.118. The number of nitrogens with zero attached hydrogens (tertiary/aromatic N) is 3. The minimum Gasteiger partial charge on any atom is -0.495 e. The van der Waals surface area contributed by atoms with Gasteiger partial charge < -0.3 is 14.8 Å². The zero-order chi connectivity index (χ0) is 19.1. The molecule has 142 valence electrons. The smallest absolute Gasteiger partial charge is 0.230 e. The topological polar surface area (TPSA) is 78.3 Å². The summed E-state index contributed by atoms with van der Waals surface area (Å²) in [6, 6.07) is 11.6. The quantitative estimate of drug-likeness (QED) is 0.436. The van der Waals surface area contributed by atoms with E-state index in [0.717, 1.165) is 16.4 Å². The average Bonchev–Trinajstić information content (AvgIpc) is 3.36. The van der Waals surface area contributed by atoms with Crippen LogP contribution in [0.5, 0.6) is 5.75 Å². The largest absolute Gasteiger partial charge is 0.495 e. The second kappa shape index (κ2) is 9.54. The van der Waals surface area contributed by atoms with Crippen LogP contribution in [0.2, 0.25) is 0 Å². The summed E-state index contributed by atoms with van der Waals surface area (Å²) < 4.78 is 12.4. The molecule has 0 atom stereocenters. The fourth-order valence-electron chi connectivity index (χ4n) is 2.43. The SMILES string of the molecule is COCCNC(=O)CSc1nnc(-c2cccs2)n1-c1ccccc1OC. The van der Waals surface area contributed by atoms with E-state index in [-0.39, 0.29) is 11.7 Å². The van der Waals surface area contributed by atoms with E-state index in [0.29, 0.717) is 24.1 Å². The summed E-state index contributed by atoms with van der Waals surface area (Å²) in [6.45, 7) is 0.964. The summed E-state index contributed by atoms with van der Waals surface area (Å²) in [6.07, 6.45) is 0. The molecule has 0 aliphatic carbocycles. The molecule has 1 amide bonds. The third-order valence-electron chi connectivity index (χ3n) is 3.66. The van der Waals surface area contributed by atoms with Gasteiger partial charge in [0.05, 0.1) is 30.0 Å². The second-order valence-electron chi connectivity index (χ2n) is 5.42. The Kier molecular flexibility index (Phi) is 6.86. The molecule has 27 heavy (non-hydrogen) atoms. The van der Waals surface area contributed by atoms with Crippen LogP contribution >= 0.6 is 23.1 Å². The van der Waals surface area contributed by atoms with Crippen LogP contribution in [0.25, 0.3) is 16.4 Å². The molecule has 0 spiro atoms. The zero-order valence-electron chi connectivity index (χ0n) is 15.0. The number of thioether (sulfide) groups is 1. The summed E-state index contributed by atoms with van der Waals surface area (Å²) in [4.78, 5) is 13.0. The highest BCUT2D eigenvalue weighted by Gasteiger charge is 2.20. The van der Waals surface area contributed by atoms with Crippen LogP contribution in [0.15, 0.2) is 46.9 Å². The predicted octanol–water partition coefficient (Wildman–Crippen LogP) is 2.86. The number of methoxy groups -OCH3 is 2. The first-order valence-corrected chi connectivity index (χ1v) is 10.1. The number of thiophene rings is 1. The first-order valence-electron chi connectivity index (χ1n) is 8.25. The Morgan fingerprint density at radius 1 is 1.22 bits per heavy atom. The van der Waals surface area contributed by atoms with E-state index in [9.17, 15) is 4.79 Å². The predicted molar refractivity (Wildman–Crippen MR) is 107 cm³/mol. The molecular weight excluding hydrogens is 384 g/mol. The molecular formula is C18H20N4O3S2. The Hall–Kier alpha value is -2.36. The molecule has 7 nitrogen and oxygen atoms in total. The number of hydrogen-bond donors (Lipinski definition) is 1. The van der Waals surface area contributed by atoms with E-state index < -0.39 is 0 Å². The molecule has 9 heteroatoms. The van der Waals surface area contributed by atoms with E-state index in [4.69, 9.17) is 9.47 Å². The molecule has 0 saturated heterocycles. The number of benzene rings is 1. The number of aromatic nitrogens is 3. The summed E-state index contributed by atoms with van der Waals surface area (Å²) in [5, 5.41) is 14.1. The molecule has 1 aromatic carbocycles. The molecule has 3 aromatic rings. The number of carbonyl (C=O) groups excluding carboxylic acids is 1. The van der Waals surface area contributed by atoms with Crippen molar-refractivity contribution in [2.75, 3.05) is 33.1 Å². The Morgan fingerprint density at radius 3 is 2.81 bits per heavy atom. The van der Waals surface area contributed by atoms with Crippen LogP contribution in [-0.4, -0.2) is 53.8 Å². The van der Waals surface area contributed by atoms with E-state index in [2.05, 4.69) is 15.5 Å². The third-order valence-corrected chi connectivity index (χ3v) is 5.46. The van der Waals surface area contributed by atoms with Gasteiger partial charge in [-0.2, -0.15) is 0 Å². The summed E-state index contributed by atoms with van der Waals surface area (Å²) >= 11 is 2.91. The first-order chi connectivity index (χ1) is 13.2. The standard InChI is InChI=1S/C18H20N4O3S2/c1-24-10-9-19-16(23)12-27-18-21-20-17(15-8-5-11-26-15)22(18)13-6-3-4-7-14(13)25-2/h3-8,11H,9-10,12H2,1-2H3,(H,19,23). The third kappa shape index (κ3) is 4.68. The van der Waals surface area contributed by atoms with Gasteiger partial charge in [-0.15, -0.1) is 21.5 Å². The van der Waals surface area contributed by atoms with Gasteiger partial charge in [0.25, 0.3) is 0 Å². The molecule has 0 saturated carbocycles. The van der Waals surface area contributed by atoms with Gasteiger partial charge in [-0.25, -0.2) is 0 Å². The molecule has 3 rings (SSSR count). The molecule has 1 N–H and O–H groups in total. The zero-order valence-corrected chi connectivity index (χ0v) is 16.7. The van der Waals surface area contributed by atoms with Crippen molar-refractivity contribution in [2.45, 2.75) is 5.16 Å². The van der Waals surface area contributed by atoms with Gasteiger partial charge in [-0.1, -0.05) is 30.0 Å². The lowest BCUT2D eigenvalue weighted by atomic mass is 10.3. The molecule has 0 unspecified atom stereocenters. The van der Waals surface area contributed by atoms with Crippen LogP contribution in [0.3, 0.4) is 0 Å². The van der Waals surface area contributed by atoms with Crippen LogP contribution in [0, 0.1) is 0 Å². The fourth-order valence-corrected chi connectivity index (χ4v) is 3.91. The minimum absolute atomic E-state index is 0.0794. The molecule has 2 heterocycles. The van der Waals surface area contributed by atoms with Crippen LogP contribution in [0.4, 0.5) is 0 Å². The molecule has 0 aliphatic rings. The Balaban J connectivity index is 1.89. The van der Waals surface area contributed by atoms with Crippen molar-refractivity contribution in [3.8, 4) is 22.1 Å². The van der Waals surface area contributed by atoms with Crippen molar-refractivity contribution >= 4 is 29.0 Å². The number of carbonyl (C=O) groups is 1. The van der Waals surface area contributed by atoms with Crippen LogP contribution in [0.1, 0.15) is 0 Å². The summed E-state index contributed by atoms with van der Waals surface area (Å²) in [5.41, 5.74) is 0.829. The van der Waals surface area contributed by atoms with Crippen molar-refractivity contribution in [3.63, 3.8) is 0 Å². The molecule has 2 aromatic heterocycles. The number of hydrogen-bond acceptors (Lipinski definition) is 7. The van der Waals surface area contributed by atoms with Crippen molar-refractivity contribution in [1.82, 2.24) is 20.1 Å². The van der Waals surface area contributed by atoms with Gasteiger partial charge in [-0.05, 0) is 23.6 Å². The average molecular weight is 405 g/mol. The Morgan fingerprint density at radius 2 is 2.07 bits per heavy atom. The maximum absolute atomic E-state index is 12.0. The molecule has 0 fully saturated rings. The van der Waals surface area contributed by atoms with E-state index in [1.54, 1.807) is 25.6 Å². The highest BCUT2D eigenvalue weighted by Crippen LogP contribution is 2.33. The van der Waals surface area contributed by atoms with Gasteiger partial charge in [0, 0.05) is 13.7 Å². The lowest BCUT2D eigenvalue weighted by Crippen LogP contribution is -2.28. The number of nitrogens with one attached hydrogen (secondary N) is 1. The lowest BCUT2D eigenvalue weighted by Gasteiger charge is -2.13. The fraction of sp³-hybridized carbons (Fsp3) is 0.278. The van der Waals surface area contributed by atoms with Crippen LogP contribution in [-0.2, 0) is 9.53 Å². The highest BCUT2D eigenvalue weighted by molar-refractivity contribution is 7.99. The van der Waals surface area contributed by atoms with Gasteiger partial charge in [0.1, 0.15) is 5.75 Å². The maximum atomic E-state index is 12.0. The van der Waals surface area contributed by atoms with Gasteiger partial charge in [-0.3, -0.25) is 9.36 Å². The number of para-hydroxylation sites is 2. The Bertz CT molecular complexity index is 881. The number of amides is 1. The van der Waals surface area contributed by atoms with E-state index in [1.807, 2.05) is 46.3 Å². The van der Waals surface area contributed by atoms with Crippen LogP contribution < -0.4 is 10.1 Å².